The van der Waals surface area contributed by atoms with E-state index in [-0.39, 0.29) is 0 Å². The summed E-state index contributed by atoms with van der Waals surface area (Å²) in [6.07, 6.45) is 2.40. The normalized spacial score (nSPS) is 17.4. The zero-order valence-electron chi connectivity index (χ0n) is 11.5. The summed E-state index contributed by atoms with van der Waals surface area (Å²) >= 11 is 0. The van der Waals surface area contributed by atoms with Crippen LogP contribution in [0, 0.1) is 6.92 Å². The molecule has 0 spiro atoms. The summed E-state index contributed by atoms with van der Waals surface area (Å²) in [5.41, 5.74) is 2.64. The summed E-state index contributed by atoms with van der Waals surface area (Å²) in [6, 6.07) is 6.51. The Labute approximate surface area is 110 Å². The molecular weight excluding hydrogens is 224 g/mol. The third-order valence-electron chi connectivity index (χ3n) is 3.61. The van der Waals surface area contributed by atoms with Gasteiger partial charge in [0.15, 0.2) is 0 Å². The summed E-state index contributed by atoms with van der Waals surface area (Å²) in [6.45, 7) is 7.96. The van der Waals surface area contributed by atoms with Crippen molar-refractivity contribution in [2.75, 3.05) is 39.8 Å². The highest BCUT2D eigenvalue weighted by atomic mass is 16.5. The molecule has 0 radical (unpaired) electrons. The maximum atomic E-state index is 5.29. The van der Waals surface area contributed by atoms with Gasteiger partial charge in [0.25, 0.3) is 0 Å². The van der Waals surface area contributed by atoms with Crippen LogP contribution in [0.25, 0.3) is 0 Å². The molecule has 1 aliphatic heterocycles. The highest BCUT2D eigenvalue weighted by Gasteiger charge is 2.08. The molecular formula is C15H24N2O. The first-order valence-electron chi connectivity index (χ1n) is 6.86. The molecule has 0 aliphatic carbocycles. The molecule has 0 saturated carbocycles. The van der Waals surface area contributed by atoms with E-state index in [0.717, 1.165) is 31.8 Å². The average Bonchev–Trinajstić information content (AvgIpc) is 2.65. The van der Waals surface area contributed by atoms with Gasteiger partial charge in [-0.05, 0) is 50.0 Å². The number of hydrogen-bond donors (Lipinski definition) is 1. The van der Waals surface area contributed by atoms with Gasteiger partial charge in [0, 0.05) is 19.6 Å². The largest absolute Gasteiger partial charge is 0.496 e. The number of methoxy groups -OCH3 is 1. The minimum atomic E-state index is 0.984. The van der Waals surface area contributed by atoms with Crippen LogP contribution in [0.4, 0.5) is 0 Å². The molecule has 0 amide bonds. The lowest BCUT2D eigenvalue weighted by Crippen LogP contribution is -2.30. The Morgan fingerprint density at radius 3 is 2.94 bits per heavy atom. The zero-order valence-corrected chi connectivity index (χ0v) is 11.5. The number of nitrogens with one attached hydrogen (secondary N) is 1. The van der Waals surface area contributed by atoms with Crippen LogP contribution in [-0.4, -0.2) is 44.7 Å². The van der Waals surface area contributed by atoms with E-state index >= 15 is 0 Å². The van der Waals surface area contributed by atoms with Crippen molar-refractivity contribution in [1.82, 2.24) is 10.2 Å². The van der Waals surface area contributed by atoms with Crippen LogP contribution in [0.15, 0.2) is 18.2 Å². The molecule has 18 heavy (non-hydrogen) atoms. The summed E-state index contributed by atoms with van der Waals surface area (Å²) in [5.74, 6) is 0.984. The average molecular weight is 248 g/mol. The van der Waals surface area contributed by atoms with Crippen LogP contribution in [0.5, 0.6) is 5.75 Å². The van der Waals surface area contributed by atoms with Crippen molar-refractivity contribution in [3.63, 3.8) is 0 Å². The van der Waals surface area contributed by atoms with E-state index in [2.05, 4.69) is 35.3 Å². The van der Waals surface area contributed by atoms with Crippen molar-refractivity contribution in [2.45, 2.75) is 19.8 Å². The third-order valence-corrected chi connectivity index (χ3v) is 3.61. The van der Waals surface area contributed by atoms with E-state index in [4.69, 9.17) is 4.74 Å². The summed E-state index contributed by atoms with van der Waals surface area (Å²) in [7, 11) is 1.73. The second-order valence-corrected chi connectivity index (χ2v) is 5.00. The van der Waals surface area contributed by atoms with E-state index < -0.39 is 0 Å². The Morgan fingerprint density at radius 2 is 2.17 bits per heavy atom. The number of rotatable bonds is 4. The minimum Gasteiger partial charge on any atom is -0.496 e. The Hall–Kier alpha value is -1.06. The summed E-state index contributed by atoms with van der Waals surface area (Å²) in [5, 5.41) is 3.44. The molecule has 0 aromatic heterocycles. The third kappa shape index (κ3) is 3.72. The smallest absolute Gasteiger partial charge is 0.121 e. The SMILES string of the molecule is COc1ccc(CCN2CCCNCC2)cc1C. The molecule has 0 bridgehead atoms. The molecule has 0 unspecified atom stereocenters. The van der Waals surface area contributed by atoms with Crippen LogP contribution in [0.2, 0.25) is 0 Å². The standard InChI is InChI=1S/C15H24N2O/c1-13-12-14(4-5-15(13)18-2)6-10-17-9-3-7-16-8-11-17/h4-5,12,16H,3,6-11H2,1-2H3. The van der Waals surface area contributed by atoms with E-state index in [1.165, 1.54) is 30.6 Å². The molecule has 1 aromatic rings. The Kier molecular flexibility index (Phi) is 5.02. The highest BCUT2D eigenvalue weighted by molar-refractivity contribution is 5.36. The van der Waals surface area contributed by atoms with E-state index in [0.29, 0.717) is 0 Å². The fourth-order valence-electron chi connectivity index (χ4n) is 2.51. The van der Waals surface area contributed by atoms with Gasteiger partial charge in [0.2, 0.25) is 0 Å². The van der Waals surface area contributed by atoms with Gasteiger partial charge in [0.05, 0.1) is 7.11 Å². The fraction of sp³-hybridized carbons (Fsp3) is 0.600. The Balaban J connectivity index is 1.87. The number of ether oxygens (including phenoxy) is 1. The molecule has 1 aliphatic rings. The van der Waals surface area contributed by atoms with Gasteiger partial charge >= 0.3 is 0 Å². The lowest BCUT2D eigenvalue weighted by atomic mass is 10.1. The van der Waals surface area contributed by atoms with Gasteiger partial charge in [-0.2, -0.15) is 0 Å². The van der Waals surface area contributed by atoms with Gasteiger partial charge in [-0.25, -0.2) is 0 Å². The van der Waals surface area contributed by atoms with Gasteiger partial charge in [0.1, 0.15) is 5.75 Å². The van der Waals surface area contributed by atoms with Crippen LogP contribution in [0.3, 0.4) is 0 Å². The second-order valence-electron chi connectivity index (χ2n) is 5.00. The molecule has 0 atom stereocenters. The van der Waals surface area contributed by atoms with Crippen LogP contribution in [0.1, 0.15) is 17.5 Å². The van der Waals surface area contributed by atoms with Gasteiger partial charge in [-0.1, -0.05) is 12.1 Å². The fourth-order valence-corrected chi connectivity index (χ4v) is 2.51. The zero-order chi connectivity index (χ0) is 12.8. The van der Waals surface area contributed by atoms with Crippen molar-refractivity contribution in [1.29, 1.82) is 0 Å². The summed E-state index contributed by atoms with van der Waals surface area (Å²) in [4.78, 5) is 2.56. The number of benzene rings is 1. The van der Waals surface area contributed by atoms with Gasteiger partial charge < -0.3 is 15.0 Å². The monoisotopic (exact) mass is 248 g/mol. The van der Waals surface area contributed by atoms with Crippen molar-refractivity contribution >= 4 is 0 Å². The van der Waals surface area contributed by atoms with Crippen LogP contribution in [-0.2, 0) is 6.42 Å². The quantitative estimate of drug-likeness (QED) is 0.880. The molecule has 3 nitrogen and oxygen atoms in total. The molecule has 3 heteroatoms. The van der Waals surface area contributed by atoms with Crippen molar-refractivity contribution < 1.29 is 4.74 Å². The van der Waals surface area contributed by atoms with E-state index in [9.17, 15) is 0 Å². The number of hydrogen-bond acceptors (Lipinski definition) is 3. The maximum Gasteiger partial charge on any atom is 0.121 e. The molecule has 1 aromatic carbocycles. The lowest BCUT2D eigenvalue weighted by molar-refractivity contribution is 0.296. The van der Waals surface area contributed by atoms with Crippen molar-refractivity contribution in [2.24, 2.45) is 0 Å². The van der Waals surface area contributed by atoms with E-state index in [1.807, 2.05) is 0 Å². The predicted octanol–water partition coefficient (Wildman–Crippen LogP) is 1.84. The van der Waals surface area contributed by atoms with Gasteiger partial charge in [-0.15, -0.1) is 0 Å². The van der Waals surface area contributed by atoms with Crippen LogP contribution < -0.4 is 10.1 Å². The molecule has 100 valence electrons. The minimum absolute atomic E-state index is 0.984. The molecule has 2 rings (SSSR count). The van der Waals surface area contributed by atoms with Gasteiger partial charge in [-0.3, -0.25) is 0 Å². The molecule has 1 saturated heterocycles. The first kappa shape index (κ1) is 13.4. The maximum absolute atomic E-state index is 5.29. The summed E-state index contributed by atoms with van der Waals surface area (Å²) < 4.78 is 5.29. The highest BCUT2D eigenvalue weighted by Crippen LogP contribution is 2.18. The van der Waals surface area contributed by atoms with Crippen LogP contribution >= 0.6 is 0 Å². The lowest BCUT2D eigenvalue weighted by Gasteiger charge is -2.19. The molecule has 1 heterocycles. The first-order chi connectivity index (χ1) is 8.79. The van der Waals surface area contributed by atoms with E-state index in [1.54, 1.807) is 7.11 Å². The Bertz CT molecular complexity index is 371. The number of aryl methyl sites for hydroxylation is 1. The van der Waals surface area contributed by atoms with Crippen molar-refractivity contribution in [3.8, 4) is 5.75 Å². The number of nitrogens with zero attached hydrogens (tertiary/aromatic N) is 1. The Morgan fingerprint density at radius 1 is 1.28 bits per heavy atom. The second kappa shape index (κ2) is 6.76. The van der Waals surface area contributed by atoms with Crippen molar-refractivity contribution in [3.05, 3.63) is 29.3 Å². The molecule has 1 fully saturated rings. The molecule has 1 N–H and O–H groups in total. The first-order valence-corrected chi connectivity index (χ1v) is 6.86. The predicted molar refractivity (Wildman–Crippen MR) is 75.4 cm³/mol. The topological polar surface area (TPSA) is 24.5 Å².